The van der Waals surface area contributed by atoms with E-state index in [1.807, 2.05) is 19.2 Å². The van der Waals surface area contributed by atoms with Gasteiger partial charge in [-0.15, -0.1) is 11.8 Å². The molecule has 0 heterocycles. The maximum Gasteiger partial charge on any atom is 0.0602 e. The number of hydrogen-bond donors (Lipinski definition) is 1. The van der Waals surface area contributed by atoms with Gasteiger partial charge in [-0.1, -0.05) is 6.08 Å². The third kappa shape index (κ3) is 5.89. The summed E-state index contributed by atoms with van der Waals surface area (Å²) in [7, 11) is 0. The van der Waals surface area contributed by atoms with E-state index in [9.17, 15) is 0 Å². The van der Waals surface area contributed by atoms with Gasteiger partial charge in [-0.05, 0) is 19.4 Å². The van der Waals surface area contributed by atoms with Gasteiger partial charge in [0, 0.05) is 0 Å². The molecule has 1 N–H and O–H groups in total. The van der Waals surface area contributed by atoms with E-state index in [1.165, 1.54) is 0 Å². The molecule has 0 unspecified atom stereocenters. The standard InChI is InChI=1S/C5H11NS/c1-3-4-6-5-7-2/h3-4,6H,5H2,1-2H3/b4-3-. The van der Waals surface area contributed by atoms with Gasteiger partial charge in [0.25, 0.3) is 0 Å². The minimum Gasteiger partial charge on any atom is -0.382 e. The van der Waals surface area contributed by atoms with Crippen LogP contribution >= 0.6 is 11.8 Å². The third-order valence-electron chi connectivity index (χ3n) is 0.512. The highest BCUT2D eigenvalue weighted by molar-refractivity contribution is 7.98. The highest BCUT2D eigenvalue weighted by Gasteiger charge is 1.68. The molecule has 0 spiro atoms. The fourth-order valence-electron chi connectivity index (χ4n) is 0.249. The lowest BCUT2D eigenvalue weighted by Gasteiger charge is -1.91. The Morgan fingerprint density at radius 1 is 1.71 bits per heavy atom. The molecule has 0 saturated heterocycles. The van der Waals surface area contributed by atoms with Crippen LogP contribution in [0.25, 0.3) is 0 Å². The SMILES string of the molecule is C/C=C\NCSC. The van der Waals surface area contributed by atoms with E-state index in [0.717, 1.165) is 5.88 Å². The fraction of sp³-hybridized carbons (Fsp3) is 0.600. The third-order valence-corrected chi connectivity index (χ3v) is 0.968. The summed E-state index contributed by atoms with van der Waals surface area (Å²) in [6, 6.07) is 0. The van der Waals surface area contributed by atoms with Crippen LogP contribution in [0.15, 0.2) is 12.3 Å². The Hall–Kier alpha value is -0.110. The molecule has 0 rings (SSSR count). The molecule has 0 bridgehead atoms. The predicted octanol–water partition coefficient (Wildman–Crippen LogP) is 1.43. The normalized spacial score (nSPS) is 10.0. The van der Waals surface area contributed by atoms with E-state index >= 15 is 0 Å². The predicted molar refractivity (Wildman–Crippen MR) is 36.3 cm³/mol. The Balaban J connectivity index is 2.69. The Kier molecular flexibility index (Phi) is 5.80. The number of thioether (sulfide) groups is 1. The molecule has 0 fully saturated rings. The maximum absolute atomic E-state index is 3.07. The van der Waals surface area contributed by atoms with E-state index in [-0.39, 0.29) is 0 Å². The zero-order chi connectivity index (χ0) is 5.54. The van der Waals surface area contributed by atoms with Crippen molar-refractivity contribution in [3.05, 3.63) is 12.3 Å². The van der Waals surface area contributed by atoms with Gasteiger partial charge in [0.1, 0.15) is 0 Å². The largest absolute Gasteiger partial charge is 0.382 e. The van der Waals surface area contributed by atoms with Crippen LogP contribution in [0.2, 0.25) is 0 Å². The van der Waals surface area contributed by atoms with Crippen molar-refractivity contribution in [1.82, 2.24) is 5.32 Å². The molecule has 42 valence electrons. The first-order valence-electron chi connectivity index (χ1n) is 2.25. The van der Waals surface area contributed by atoms with Crippen LogP contribution in [0.4, 0.5) is 0 Å². The van der Waals surface area contributed by atoms with Crippen molar-refractivity contribution in [2.45, 2.75) is 6.92 Å². The Labute approximate surface area is 49.2 Å². The van der Waals surface area contributed by atoms with Gasteiger partial charge in [0.2, 0.25) is 0 Å². The summed E-state index contributed by atoms with van der Waals surface area (Å²) in [6.07, 6.45) is 5.99. The molecular weight excluding hydrogens is 106 g/mol. The summed E-state index contributed by atoms with van der Waals surface area (Å²) in [5.41, 5.74) is 0. The van der Waals surface area contributed by atoms with Crippen LogP contribution < -0.4 is 5.32 Å². The number of allylic oxidation sites excluding steroid dienone is 1. The van der Waals surface area contributed by atoms with Gasteiger partial charge in [-0.2, -0.15) is 0 Å². The van der Waals surface area contributed by atoms with Gasteiger partial charge in [0.05, 0.1) is 5.88 Å². The Morgan fingerprint density at radius 2 is 2.43 bits per heavy atom. The van der Waals surface area contributed by atoms with Crippen molar-refractivity contribution in [2.24, 2.45) is 0 Å². The average Bonchev–Trinajstić information content (AvgIpc) is 1.69. The van der Waals surface area contributed by atoms with Crippen LogP contribution in [0.5, 0.6) is 0 Å². The second kappa shape index (κ2) is 5.89. The summed E-state index contributed by atoms with van der Waals surface area (Å²) in [5.74, 6) is 1.00. The summed E-state index contributed by atoms with van der Waals surface area (Å²) in [4.78, 5) is 0. The van der Waals surface area contributed by atoms with Crippen molar-refractivity contribution in [2.75, 3.05) is 12.1 Å². The molecule has 0 saturated carbocycles. The van der Waals surface area contributed by atoms with Gasteiger partial charge >= 0.3 is 0 Å². The summed E-state index contributed by atoms with van der Waals surface area (Å²) in [5, 5.41) is 3.07. The monoisotopic (exact) mass is 117 g/mol. The average molecular weight is 117 g/mol. The first-order chi connectivity index (χ1) is 3.41. The van der Waals surface area contributed by atoms with E-state index < -0.39 is 0 Å². The van der Waals surface area contributed by atoms with Crippen LogP contribution in [-0.4, -0.2) is 12.1 Å². The molecule has 2 heteroatoms. The smallest absolute Gasteiger partial charge is 0.0602 e. The molecule has 0 amide bonds. The zero-order valence-electron chi connectivity index (χ0n) is 4.77. The maximum atomic E-state index is 3.07. The van der Waals surface area contributed by atoms with Gasteiger partial charge in [0.15, 0.2) is 0 Å². The van der Waals surface area contributed by atoms with Crippen molar-refractivity contribution in [3.8, 4) is 0 Å². The number of rotatable bonds is 3. The molecule has 0 aromatic rings. The number of nitrogens with one attached hydrogen (secondary N) is 1. The van der Waals surface area contributed by atoms with E-state index in [2.05, 4.69) is 11.6 Å². The van der Waals surface area contributed by atoms with E-state index in [4.69, 9.17) is 0 Å². The lowest BCUT2D eigenvalue weighted by Crippen LogP contribution is -2.00. The Bertz CT molecular complexity index is 52.0. The summed E-state index contributed by atoms with van der Waals surface area (Å²) >= 11 is 1.78. The van der Waals surface area contributed by atoms with E-state index in [1.54, 1.807) is 11.8 Å². The van der Waals surface area contributed by atoms with Crippen molar-refractivity contribution >= 4 is 11.8 Å². The first kappa shape index (κ1) is 6.89. The van der Waals surface area contributed by atoms with Crippen molar-refractivity contribution in [3.63, 3.8) is 0 Å². The second-order valence-corrected chi connectivity index (χ2v) is 2.00. The molecule has 0 aliphatic heterocycles. The lowest BCUT2D eigenvalue weighted by molar-refractivity contribution is 1.06. The minimum absolute atomic E-state index is 1.00. The Morgan fingerprint density at radius 3 is 2.86 bits per heavy atom. The topological polar surface area (TPSA) is 12.0 Å². The molecule has 0 aliphatic rings. The van der Waals surface area contributed by atoms with Crippen LogP contribution in [0.3, 0.4) is 0 Å². The second-order valence-electron chi connectivity index (χ2n) is 1.14. The van der Waals surface area contributed by atoms with Crippen molar-refractivity contribution in [1.29, 1.82) is 0 Å². The van der Waals surface area contributed by atoms with Gasteiger partial charge < -0.3 is 5.32 Å². The molecule has 7 heavy (non-hydrogen) atoms. The highest BCUT2D eigenvalue weighted by Crippen LogP contribution is 1.83. The summed E-state index contributed by atoms with van der Waals surface area (Å²) < 4.78 is 0. The zero-order valence-corrected chi connectivity index (χ0v) is 5.59. The van der Waals surface area contributed by atoms with Crippen molar-refractivity contribution < 1.29 is 0 Å². The van der Waals surface area contributed by atoms with Crippen LogP contribution in [0, 0.1) is 0 Å². The van der Waals surface area contributed by atoms with Gasteiger partial charge in [-0.3, -0.25) is 0 Å². The minimum atomic E-state index is 1.00. The molecule has 0 radical (unpaired) electrons. The van der Waals surface area contributed by atoms with E-state index in [0.29, 0.717) is 0 Å². The molecule has 0 aromatic heterocycles. The molecule has 0 atom stereocenters. The number of hydrogen-bond acceptors (Lipinski definition) is 2. The quantitative estimate of drug-likeness (QED) is 0.443. The van der Waals surface area contributed by atoms with Crippen LogP contribution in [0.1, 0.15) is 6.92 Å². The molecular formula is C5H11NS. The molecule has 0 aliphatic carbocycles. The van der Waals surface area contributed by atoms with Crippen LogP contribution in [-0.2, 0) is 0 Å². The first-order valence-corrected chi connectivity index (χ1v) is 3.64. The van der Waals surface area contributed by atoms with Gasteiger partial charge in [-0.25, -0.2) is 0 Å². The fourth-order valence-corrected chi connectivity index (χ4v) is 0.512. The highest BCUT2D eigenvalue weighted by atomic mass is 32.2. The molecule has 1 nitrogen and oxygen atoms in total. The lowest BCUT2D eigenvalue weighted by atomic mass is 10.7. The summed E-state index contributed by atoms with van der Waals surface area (Å²) in [6.45, 7) is 1.99. The molecule has 0 aromatic carbocycles.